The van der Waals surface area contributed by atoms with E-state index in [4.69, 9.17) is 37.4 Å². The molecule has 1 atom stereocenters. The van der Waals surface area contributed by atoms with Gasteiger partial charge in [-0.3, -0.25) is 0 Å². The van der Waals surface area contributed by atoms with Crippen LogP contribution in [0.15, 0.2) is 36.4 Å². The minimum absolute atomic E-state index is 0.336. The lowest BCUT2D eigenvalue weighted by molar-refractivity contribution is 0.323. The van der Waals surface area contributed by atoms with Crippen LogP contribution >= 0.6 is 23.2 Å². The van der Waals surface area contributed by atoms with Gasteiger partial charge in [-0.2, -0.15) is 4.68 Å². The highest BCUT2D eigenvalue weighted by Crippen LogP contribution is 2.42. The van der Waals surface area contributed by atoms with Gasteiger partial charge in [0.2, 0.25) is 11.7 Å². The average Bonchev–Trinajstić information content (AvgIpc) is 3.20. The summed E-state index contributed by atoms with van der Waals surface area (Å²) in [5.74, 6) is 2.06. The van der Waals surface area contributed by atoms with Crippen LogP contribution < -0.4 is 19.5 Å². The summed E-state index contributed by atoms with van der Waals surface area (Å²) in [6.07, 6.45) is 1.97. The Kier molecular flexibility index (Phi) is 5.21. The maximum atomic E-state index is 6.41. The van der Waals surface area contributed by atoms with Crippen molar-refractivity contribution in [1.29, 1.82) is 0 Å². The molecule has 0 saturated carbocycles. The van der Waals surface area contributed by atoms with Gasteiger partial charge in [-0.1, -0.05) is 28.3 Å². The number of hydrogen-bond donors (Lipinski definition) is 1. The Morgan fingerprint density at radius 2 is 1.72 bits per heavy atom. The smallest absolute Gasteiger partial charge is 0.248 e. The summed E-state index contributed by atoms with van der Waals surface area (Å²) in [7, 11) is 4.70. The maximum Gasteiger partial charge on any atom is 0.248 e. The van der Waals surface area contributed by atoms with E-state index >= 15 is 0 Å². The highest BCUT2D eigenvalue weighted by molar-refractivity contribution is 6.35. The average molecular weight is 434 g/mol. The zero-order valence-electron chi connectivity index (χ0n) is 15.8. The summed E-state index contributed by atoms with van der Waals surface area (Å²) in [6.45, 7) is 0. The van der Waals surface area contributed by atoms with E-state index in [1.807, 2.05) is 24.3 Å². The minimum Gasteiger partial charge on any atom is -0.493 e. The Morgan fingerprint density at radius 3 is 2.34 bits per heavy atom. The van der Waals surface area contributed by atoms with Crippen LogP contribution in [0.2, 0.25) is 10.0 Å². The molecular weight excluding hydrogens is 417 g/mol. The van der Waals surface area contributed by atoms with Crippen LogP contribution in [0.3, 0.4) is 0 Å². The van der Waals surface area contributed by atoms with E-state index in [0.717, 1.165) is 16.8 Å². The number of benzene rings is 2. The largest absolute Gasteiger partial charge is 0.493 e. The first kappa shape index (κ1) is 19.4. The Balaban J connectivity index is 1.87. The van der Waals surface area contributed by atoms with E-state index in [1.165, 1.54) is 0 Å². The Labute approximate surface area is 177 Å². The predicted molar refractivity (Wildman–Crippen MR) is 110 cm³/mol. The zero-order valence-corrected chi connectivity index (χ0v) is 17.3. The molecule has 1 aromatic heterocycles. The molecule has 150 valence electrons. The number of tetrazole rings is 1. The number of anilines is 1. The number of allylic oxidation sites excluding steroid dienone is 1. The number of hydrogen-bond acceptors (Lipinski definition) is 7. The summed E-state index contributed by atoms with van der Waals surface area (Å²) in [5, 5.41) is 16.2. The Bertz CT molecular complexity index is 1070. The van der Waals surface area contributed by atoms with Gasteiger partial charge in [-0.15, -0.1) is 0 Å². The molecule has 0 fully saturated rings. The number of ether oxygens (including phenoxy) is 3. The molecule has 0 unspecified atom stereocenters. The molecule has 2 heterocycles. The van der Waals surface area contributed by atoms with Crippen molar-refractivity contribution in [2.75, 3.05) is 26.6 Å². The molecule has 1 N–H and O–H groups in total. The number of aromatic nitrogens is 4. The molecule has 0 amide bonds. The van der Waals surface area contributed by atoms with E-state index < -0.39 is 0 Å². The lowest BCUT2D eigenvalue weighted by Crippen LogP contribution is -2.20. The topological polar surface area (TPSA) is 83.3 Å². The van der Waals surface area contributed by atoms with Gasteiger partial charge in [0.1, 0.15) is 6.04 Å². The second-order valence-corrected chi connectivity index (χ2v) is 7.02. The normalized spacial score (nSPS) is 15.2. The lowest BCUT2D eigenvalue weighted by atomic mass is 10.0. The van der Waals surface area contributed by atoms with Crippen LogP contribution in [0.1, 0.15) is 17.2 Å². The maximum absolute atomic E-state index is 6.41. The van der Waals surface area contributed by atoms with Crippen LogP contribution in [0.5, 0.6) is 17.2 Å². The van der Waals surface area contributed by atoms with Crippen molar-refractivity contribution >= 4 is 34.8 Å². The minimum atomic E-state index is -0.336. The standard InChI is InChI=1S/C19H17Cl2N5O3/c1-27-16-6-10(7-17(28-2)18(16)29-3)15-9-14(22-19-23-24-25-26(15)19)12-5-4-11(20)8-13(12)21/h4-9,15H,1-3H3,(H,22,23,25)/t15-/m0/s1. The van der Waals surface area contributed by atoms with E-state index in [-0.39, 0.29) is 6.04 Å². The third-order valence-corrected chi connectivity index (χ3v) is 5.12. The fourth-order valence-electron chi connectivity index (χ4n) is 3.23. The van der Waals surface area contributed by atoms with Crippen LogP contribution in [-0.4, -0.2) is 41.5 Å². The molecule has 0 spiro atoms. The number of fused-ring (bicyclic) bond motifs is 1. The van der Waals surface area contributed by atoms with Gasteiger partial charge >= 0.3 is 0 Å². The van der Waals surface area contributed by atoms with Crippen LogP contribution in [0, 0.1) is 0 Å². The number of nitrogens with zero attached hydrogens (tertiary/aromatic N) is 4. The monoisotopic (exact) mass is 433 g/mol. The quantitative estimate of drug-likeness (QED) is 0.649. The van der Waals surface area contributed by atoms with Gasteiger partial charge in [0.25, 0.3) is 0 Å². The third-order valence-electron chi connectivity index (χ3n) is 4.58. The molecule has 0 bridgehead atoms. The van der Waals surface area contributed by atoms with Crippen molar-refractivity contribution in [1.82, 2.24) is 20.2 Å². The molecule has 1 aliphatic rings. The van der Waals surface area contributed by atoms with E-state index in [2.05, 4.69) is 20.8 Å². The lowest BCUT2D eigenvalue weighted by Gasteiger charge is -2.25. The van der Waals surface area contributed by atoms with Crippen molar-refractivity contribution in [2.45, 2.75) is 6.04 Å². The van der Waals surface area contributed by atoms with Crippen LogP contribution in [0.25, 0.3) is 5.70 Å². The summed E-state index contributed by atoms with van der Waals surface area (Å²) >= 11 is 12.5. The zero-order chi connectivity index (χ0) is 20.5. The van der Waals surface area contributed by atoms with Gasteiger partial charge in [-0.05, 0) is 52.4 Å². The van der Waals surface area contributed by atoms with Crippen molar-refractivity contribution in [3.63, 3.8) is 0 Å². The molecule has 3 aromatic rings. The number of rotatable bonds is 5. The SMILES string of the molecule is COc1cc([C@@H]2C=C(c3ccc(Cl)cc3Cl)Nc3nnnn32)cc(OC)c1OC. The van der Waals surface area contributed by atoms with Crippen LogP contribution in [-0.2, 0) is 0 Å². The molecule has 1 aliphatic heterocycles. The molecule has 0 radical (unpaired) electrons. The van der Waals surface area contributed by atoms with E-state index in [1.54, 1.807) is 38.1 Å². The Morgan fingerprint density at radius 1 is 1.00 bits per heavy atom. The van der Waals surface area contributed by atoms with E-state index in [9.17, 15) is 0 Å². The van der Waals surface area contributed by atoms with Gasteiger partial charge in [0, 0.05) is 16.3 Å². The van der Waals surface area contributed by atoms with Gasteiger partial charge in [-0.25, -0.2) is 0 Å². The summed E-state index contributed by atoms with van der Waals surface area (Å²) < 4.78 is 18.0. The van der Waals surface area contributed by atoms with E-state index in [0.29, 0.717) is 33.2 Å². The molecule has 29 heavy (non-hydrogen) atoms. The molecule has 0 aliphatic carbocycles. The number of nitrogens with one attached hydrogen (secondary N) is 1. The number of methoxy groups -OCH3 is 3. The second kappa shape index (κ2) is 7.81. The molecule has 4 rings (SSSR count). The van der Waals surface area contributed by atoms with Gasteiger partial charge in [0.15, 0.2) is 11.5 Å². The van der Waals surface area contributed by atoms with Gasteiger partial charge in [0.05, 0.1) is 26.4 Å². The molecule has 8 nitrogen and oxygen atoms in total. The fraction of sp³-hybridized carbons (Fsp3) is 0.211. The third kappa shape index (κ3) is 3.45. The summed E-state index contributed by atoms with van der Waals surface area (Å²) in [5.41, 5.74) is 2.38. The van der Waals surface area contributed by atoms with Crippen molar-refractivity contribution in [3.8, 4) is 17.2 Å². The van der Waals surface area contributed by atoms with Crippen molar-refractivity contribution in [2.24, 2.45) is 0 Å². The second-order valence-electron chi connectivity index (χ2n) is 6.18. The first-order valence-electron chi connectivity index (χ1n) is 8.57. The summed E-state index contributed by atoms with van der Waals surface area (Å²) in [6, 6.07) is 8.69. The van der Waals surface area contributed by atoms with Crippen LogP contribution in [0.4, 0.5) is 5.95 Å². The molecular formula is C19H17Cl2N5O3. The predicted octanol–water partition coefficient (Wildman–Crippen LogP) is 4.06. The first-order valence-corrected chi connectivity index (χ1v) is 9.33. The highest BCUT2D eigenvalue weighted by atomic mass is 35.5. The first-order chi connectivity index (χ1) is 14.0. The fourth-order valence-corrected chi connectivity index (χ4v) is 3.74. The van der Waals surface area contributed by atoms with Crippen molar-refractivity contribution < 1.29 is 14.2 Å². The Hall–Kier alpha value is -2.97. The molecule has 0 saturated heterocycles. The number of halogens is 2. The van der Waals surface area contributed by atoms with Gasteiger partial charge < -0.3 is 19.5 Å². The molecule has 10 heteroatoms. The molecule has 2 aromatic carbocycles. The van der Waals surface area contributed by atoms with Crippen molar-refractivity contribution in [3.05, 3.63) is 57.6 Å². The summed E-state index contributed by atoms with van der Waals surface area (Å²) in [4.78, 5) is 0. The highest BCUT2D eigenvalue weighted by Gasteiger charge is 2.27.